The van der Waals surface area contributed by atoms with Gasteiger partial charge < -0.3 is 10.1 Å². The predicted octanol–water partition coefficient (Wildman–Crippen LogP) is 0.863. The van der Waals surface area contributed by atoms with Crippen molar-refractivity contribution >= 4 is 15.9 Å². The maximum Gasteiger partial charge on any atom is 0.132 e. The van der Waals surface area contributed by atoms with E-state index in [1.165, 1.54) is 11.3 Å². The molecule has 1 aromatic rings. The fourth-order valence-corrected chi connectivity index (χ4v) is 2.54. The highest BCUT2D eigenvalue weighted by molar-refractivity contribution is 9.10. The first-order chi connectivity index (χ1) is 6.86. The maximum absolute atomic E-state index is 5.20. The minimum absolute atomic E-state index is 0.466. The lowest BCUT2D eigenvalue weighted by Crippen LogP contribution is -2.34. The molecule has 76 valence electrons. The number of rotatable bonds is 1. The van der Waals surface area contributed by atoms with Gasteiger partial charge in [0.25, 0.3) is 0 Å². The molecule has 0 aromatic carbocycles. The molecule has 0 atom stereocenters. The maximum atomic E-state index is 5.20. The van der Waals surface area contributed by atoms with Crippen molar-refractivity contribution < 1.29 is 4.74 Å². The van der Waals surface area contributed by atoms with E-state index >= 15 is 0 Å². The fourth-order valence-electron chi connectivity index (χ4n) is 2.00. The summed E-state index contributed by atoms with van der Waals surface area (Å²) in [7, 11) is 0. The van der Waals surface area contributed by atoms with E-state index < -0.39 is 0 Å². The minimum Gasteiger partial charge on any atom is -0.377 e. The average molecular weight is 258 g/mol. The zero-order valence-corrected chi connectivity index (χ0v) is 9.38. The van der Waals surface area contributed by atoms with Crippen molar-refractivity contribution in [1.29, 1.82) is 0 Å². The van der Waals surface area contributed by atoms with Crippen LogP contribution in [0, 0.1) is 0 Å². The third-order valence-corrected chi connectivity index (χ3v) is 3.51. The summed E-state index contributed by atoms with van der Waals surface area (Å²) in [6.45, 7) is 3.62. The van der Waals surface area contributed by atoms with E-state index in [0.717, 1.165) is 37.3 Å². The van der Waals surface area contributed by atoms with Crippen molar-refractivity contribution in [1.82, 2.24) is 15.1 Å². The molecule has 0 unspecified atom stereocenters. The van der Waals surface area contributed by atoms with E-state index in [1.807, 2.05) is 0 Å². The number of nitrogens with one attached hydrogen (secondary N) is 1. The van der Waals surface area contributed by atoms with Crippen LogP contribution in [0.4, 0.5) is 0 Å². The van der Waals surface area contributed by atoms with Crippen LogP contribution in [-0.4, -0.2) is 29.5 Å². The van der Waals surface area contributed by atoms with Gasteiger partial charge in [-0.25, -0.2) is 0 Å². The van der Waals surface area contributed by atoms with Crippen molar-refractivity contribution in [3.05, 3.63) is 15.9 Å². The summed E-state index contributed by atoms with van der Waals surface area (Å²) in [4.78, 5) is 0. The number of fused-ring (bicyclic) bond motifs is 1. The first-order valence-corrected chi connectivity index (χ1v) is 5.70. The molecule has 1 N–H and O–H groups in total. The lowest BCUT2D eigenvalue weighted by Gasteiger charge is -2.28. The molecular weight excluding hydrogens is 246 g/mol. The van der Waals surface area contributed by atoms with Gasteiger partial charge in [0.2, 0.25) is 0 Å². The number of nitrogens with zero attached hydrogens (tertiary/aromatic N) is 2. The highest BCUT2D eigenvalue weighted by Crippen LogP contribution is 2.27. The van der Waals surface area contributed by atoms with E-state index in [1.54, 1.807) is 0 Å². The van der Waals surface area contributed by atoms with E-state index in [-0.39, 0.29) is 0 Å². The van der Waals surface area contributed by atoms with Crippen LogP contribution in [0.25, 0.3) is 0 Å². The van der Waals surface area contributed by atoms with Crippen molar-refractivity contribution in [3.8, 4) is 0 Å². The monoisotopic (exact) mass is 257 g/mol. The molecule has 14 heavy (non-hydrogen) atoms. The molecule has 0 aliphatic carbocycles. The second-order valence-electron chi connectivity index (χ2n) is 3.78. The molecule has 2 aliphatic heterocycles. The highest BCUT2D eigenvalue weighted by atomic mass is 79.9. The molecule has 5 heteroatoms. The molecule has 1 fully saturated rings. The largest absolute Gasteiger partial charge is 0.377 e. The van der Waals surface area contributed by atoms with Gasteiger partial charge in [-0.2, -0.15) is 5.10 Å². The summed E-state index contributed by atoms with van der Waals surface area (Å²) in [5.74, 6) is 0. The smallest absolute Gasteiger partial charge is 0.132 e. The van der Waals surface area contributed by atoms with Crippen molar-refractivity contribution in [2.45, 2.75) is 19.0 Å². The predicted molar refractivity (Wildman–Crippen MR) is 55.2 cm³/mol. The van der Waals surface area contributed by atoms with Crippen molar-refractivity contribution in [2.75, 3.05) is 19.8 Å². The summed E-state index contributed by atoms with van der Waals surface area (Å²) in [6.07, 6.45) is 1.07. The van der Waals surface area contributed by atoms with Gasteiger partial charge in [-0.1, -0.05) is 0 Å². The summed E-state index contributed by atoms with van der Waals surface area (Å²) in [6, 6.07) is 0.466. The summed E-state index contributed by atoms with van der Waals surface area (Å²) < 4.78 is 8.33. The Labute approximate surface area is 90.7 Å². The Balaban J connectivity index is 2.02. The second-order valence-corrected chi connectivity index (χ2v) is 4.53. The van der Waals surface area contributed by atoms with Gasteiger partial charge in [0.15, 0.2) is 0 Å². The molecule has 4 nitrogen and oxygen atoms in total. The lowest BCUT2D eigenvalue weighted by molar-refractivity contribution is -0.0300. The lowest BCUT2D eigenvalue weighted by atomic mass is 10.1. The van der Waals surface area contributed by atoms with Gasteiger partial charge in [-0.05, 0) is 15.9 Å². The topological polar surface area (TPSA) is 39.1 Å². The number of ether oxygens (including phenoxy) is 1. The van der Waals surface area contributed by atoms with Gasteiger partial charge in [-0.3, -0.25) is 4.68 Å². The van der Waals surface area contributed by atoms with Crippen LogP contribution in [0.1, 0.15) is 17.3 Å². The van der Waals surface area contributed by atoms with Crippen LogP contribution in [0.5, 0.6) is 0 Å². The van der Waals surface area contributed by atoms with E-state index in [2.05, 4.69) is 31.0 Å². The number of halogens is 1. The fraction of sp³-hybridized carbons (Fsp3) is 0.667. The van der Waals surface area contributed by atoms with Crippen LogP contribution < -0.4 is 5.32 Å². The Morgan fingerprint density at radius 2 is 2.36 bits per heavy atom. The summed E-state index contributed by atoms with van der Waals surface area (Å²) >= 11 is 3.51. The highest BCUT2D eigenvalue weighted by Gasteiger charge is 2.27. The molecule has 2 aliphatic rings. The quantitative estimate of drug-likeness (QED) is 0.812. The Morgan fingerprint density at radius 1 is 1.50 bits per heavy atom. The van der Waals surface area contributed by atoms with Gasteiger partial charge in [-0.15, -0.1) is 0 Å². The minimum atomic E-state index is 0.466. The van der Waals surface area contributed by atoms with Crippen LogP contribution in [0.15, 0.2) is 4.60 Å². The molecule has 3 heterocycles. The van der Waals surface area contributed by atoms with Crippen molar-refractivity contribution in [3.63, 3.8) is 0 Å². The Morgan fingerprint density at radius 3 is 3.07 bits per heavy atom. The van der Waals surface area contributed by atoms with Gasteiger partial charge >= 0.3 is 0 Å². The third-order valence-electron chi connectivity index (χ3n) is 2.88. The first kappa shape index (κ1) is 8.88. The molecule has 3 rings (SSSR count). The molecule has 1 saturated heterocycles. The van der Waals surface area contributed by atoms with Gasteiger partial charge in [0.1, 0.15) is 4.60 Å². The normalized spacial score (nSPS) is 21.8. The van der Waals surface area contributed by atoms with Crippen LogP contribution in [-0.2, 0) is 17.7 Å². The Kier molecular flexibility index (Phi) is 2.11. The molecule has 0 spiro atoms. The molecule has 0 saturated carbocycles. The van der Waals surface area contributed by atoms with Crippen LogP contribution in [0.3, 0.4) is 0 Å². The Bertz CT molecular complexity index is 359. The number of hydrogen-bond acceptors (Lipinski definition) is 3. The zero-order chi connectivity index (χ0) is 9.54. The second kappa shape index (κ2) is 3.32. The number of aromatic nitrogens is 2. The third kappa shape index (κ3) is 1.23. The van der Waals surface area contributed by atoms with Crippen molar-refractivity contribution in [2.24, 2.45) is 0 Å². The first-order valence-electron chi connectivity index (χ1n) is 4.90. The van der Waals surface area contributed by atoms with E-state index in [0.29, 0.717) is 6.04 Å². The summed E-state index contributed by atoms with van der Waals surface area (Å²) in [5.41, 5.74) is 2.70. The molecule has 1 aromatic heterocycles. The van der Waals surface area contributed by atoms with E-state index in [9.17, 15) is 0 Å². The van der Waals surface area contributed by atoms with E-state index in [4.69, 9.17) is 4.74 Å². The molecule has 0 bridgehead atoms. The van der Waals surface area contributed by atoms with Crippen LogP contribution >= 0.6 is 15.9 Å². The SMILES string of the molecule is Brc1nn(C2COC2)c2c1CNCC2. The van der Waals surface area contributed by atoms with Gasteiger partial charge in [0.05, 0.1) is 19.3 Å². The molecule has 0 radical (unpaired) electrons. The van der Waals surface area contributed by atoms with Gasteiger partial charge in [0, 0.05) is 30.8 Å². The van der Waals surface area contributed by atoms with Crippen LogP contribution in [0.2, 0.25) is 0 Å². The average Bonchev–Trinajstić information content (AvgIpc) is 2.43. The number of hydrogen-bond donors (Lipinski definition) is 1. The standard InChI is InChI=1S/C9H12BrN3O/c10-9-7-3-11-2-1-8(7)13(12-9)6-4-14-5-6/h6,11H,1-5H2. The molecular formula is C9H12BrN3O. The summed E-state index contributed by atoms with van der Waals surface area (Å²) in [5, 5.41) is 7.88. The Hall–Kier alpha value is -0.390. The molecule has 0 amide bonds. The zero-order valence-electron chi connectivity index (χ0n) is 7.79.